The Morgan fingerprint density at radius 3 is 2.56 bits per heavy atom. The molecule has 0 unspecified atom stereocenters. The fraction of sp³-hybridized carbons (Fsp3) is 0.462. The van der Waals surface area contributed by atoms with E-state index in [0.717, 1.165) is 0 Å². The summed E-state index contributed by atoms with van der Waals surface area (Å²) < 4.78 is 28.3. The summed E-state index contributed by atoms with van der Waals surface area (Å²) in [5.74, 6) is -0.298. The van der Waals surface area contributed by atoms with Gasteiger partial charge in [0.2, 0.25) is 0 Å². The van der Waals surface area contributed by atoms with Crippen LogP contribution < -0.4 is 9.47 Å². The van der Waals surface area contributed by atoms with E-state index >= 15 is 0 Å². The Labute approximate surface area is 106 Å². The van der Waals surface area contributed by atoms with Gasteiger partial charge < -0.3 is 14.2 Å². The zero-order valence-corrected chi connectivity index (χ0v) is 11.0. The van der Waals surface area contributed by atoms with Gasteiger partial charge in [-0.1, -0.05) is 0 Å². The largest absolute Gasteiger partial charge is 0.494 e. The van der Waals surface area contributed by atoms with Crippen LogP contribution in [0.2, 0.25) is 0 Å². The molecule has 1 aromatic rings. The normalized spacial score (nSPS) is 10.9. The molecule has 100 valence electrons. The molecule has 0 aliphatic heterocycles. The fourth-order valence-electron chi connectivity index (χ4n) is 1.48. The highest BCUT2D eigenvalue weighted by Crippen LogP contribution is 2.27. The second-order valence-electron chi connectivity index (χ2n) is 4.41. The van der Waals surface area contributed by atoms with Crippen LogP contribution in [0.15, 0.2) is 18.2 Å². The summed E-state index contributed by atoms with van der Waals surface area (Å²) in [4.78, 5) is 11.2. The summed E-state index contributed by atoms with van der Waals surface area (Å²) in [6.07, 6.45) is 0.100. The Balaban J connectivity index is 2.80. The molecule has 0 N–H and O–H groups in total. The highest BCUT2D eigenvalue weighted by molar-refractivity contribution is 5.70. The van der Waals surface area contributed by atoms with Gasteiger partial charge in [0.15, 0.2) is 11.6 Å². The van der Waals surface area contributed by atoms with Crippen LogP contribution in [-0.4, -0.2) is 25.8 Å². The van der Waals surface area contributed by atoms with Crippen molar-refractivity contribution < 1.29 is 23.4 Å². The minimum absolute atomic E-state index is 0.0985. The number of esters is 1. The minimum atomic E-state index is -0.740. The number of benzene rings is 1. The zero-order chi connectivity index (χ0) is 13.8. The third kappa shape index (κ3) is 3.91. The summed E-state index contributed by atoms with van der Waals surface area (Å²) in [5, 5.41) is 0. The maximum Gasteiger partial charge on any atom is 0.309 e. The van der Waals surface area contributed by atoms with Gasteiger partial charge >= 0.3 is 5.97 Å². The third-order valence-electron chi connectivity index (χ3n) is 2.31. The molecule has 0 amide bonds. The molecular formula is C13H17FO4. The fourth-order valence-corrected chi connectivity index (χ4v) is 1.48. The molecule has 18 heavy (non-hydrogen) atoms. The van der Waals surface area contributed by atoms with Crippen molar-refractivity contribution in [1.29, 1.82) is 0 Å². The van der Waals surface area contributed by atoms with E-state index in [4.69, 9.17) is 9.47 Å². The first-order valence-corrected chi connectivity index (χ1v) is 5.47. The molecular weight excluding hydrogens is 239 g/mol. The molecule has 0 aromatic heterocycles. The van der Waals surface area contributed by atoms with Crippen LogP contribution >= 0.6 is 0 Å². The molecule has 0 radical (unpaired) electrons. The van der Waals surface area contributed by atoms with E-state index in [0.29, 0.717) is 5.75 Å². The van der Waals surface area contributed by atoms with Crippen LogP contribution in [0.4, 0.5) is 4.39 Å². The quantitative estimate of drug-likeness (QED) is 0.759. The van der Waals surface area contributed by atoms with Crippen molar-refractivity contribution in [3.63, 3.8) is 0 Å². The van der Waals surface area contributed by atoms with Gasteiger partial charge in [0, 0.05) is 6.07 Å². The lowest BCUT2D eigenvalue weighted by Gasteiger charge is -2.25. The summed E-state index contributed by atoms with van der Waals surface area (Å²) in [5.41, 5.74) is -0.740. The number of hydrogen-bond acceptors (Lipinski definition) is 4. The lowest BCUT2D eigenvalue weighted by Crippen LogP contribution is -2.31. The molecule has 1 rings (SSSR count). The zero-order valence-electron chi connectivity index (χ0n) is 11.0. The summed E-state index contributed by atoms with van der Waals surface area (Å²) >= 11 is 0. The van der Waals surface area contributed by atoms with Crippen LogP contribution in [0, 0.1) is 5.82 Å². The van der Waals surface area contributed by atoms with Crippen molar-refractivity contribution in [2.75, 3.05) is 14.2 Å². The predicted molar refractivity (Wildman–Crippen MR) is 64.3 cm³/mol. The van der Waals surface area contributed by atoms with E-state index in [-0.39, 0.29) is 18.1 Å². The first kappa shape index (κ1) is 14.3. The molecule has 4 nitrogen and oxygen atoms in total. The summed E-state index contributed by atoms with van der Waals surface area (Å²) in [7, 11) is 2.70. The van der Waals surface area contributed by atoms with E-state index in [1.54, 1.807) is 13.8 Å². The van der Waals surface area contributed by atoms with Gasteiger partial charge in [-0.05, 0) is 26.0 Å². The molecule has 0 fully saturated rings. The van der Waals surface area contributed by atoms with E-state index in [9.17, 15) is 9.18 Å². The van der Waals surface area contributed by atoms with Crippen molar-refractivity contribution >= 4 is 5.97 Å². The van der Waals surface area contributed by atoms with Gasteiger partial charge in [-0.2, -0.15) is 0 Å². The Hall–Kier alpha value is -1.78. The van der Waals surface area contributed by atoms with Crippen LogP contribution in [0.25, 0.3) is 0 Å². The smallest absolute Gasteiger partial charge is 0.309 e. The molecule has 0 atom stereocenters. The van der Waals surface area contributed by atoms with Gasteiger partial charge in [0.05, 0.1) is 20.6 Å². The standard InChI is InChI=1S/C13H17FO4/c1-13(2,8-12(15)17-4)18-9-5-6-10(14)11(7-9)16-3/h5-7H,8H2,1-4H3. The second kappa shape index (κ2) is 5.71. The summed E-state index contributed by atoms with van der Waals surface area (Å²) in [6.45, 7) is 3.50. The van der Waals surface area contributed by atoms with Crippen molar-refractivity contribution in [2.45, 2.75) is 25.9 Å². The highest BCUT2D eigenvalue weighted by atomic mass is 19.1. The van der Waals surface area contributed by atoms with E-state index < -0.39 is 11.4 Å². The molecule has 0 aliphatic carbocycles. The maximum absolute atomic E-state index is 13.2. The molecule has 0 saturated heterocycles. The van der Waals surface area contributed by atoms with Crippen LogP contribution in [0.1, 0.15) is 20.3 Å². The highest BCUT2D eigenvalue weighted by Gasteiger charge is 2.25. The van der Waals surface area contributed by atoms with E-state index in [2.05, 4.69) is 4.74 Å². The number of hydrogen-bond donors (Lipinski definition) is 0. The van der Waals surface area contributed by atoms with E-state index in [1.807, 2.05) is 0 Å². The van der Waals surface area contributed by atoms with Gasteiger partial charge in [-0.25, -0.2) is 4.39 Å². The van der Waals surface area contributed by atoms with Crippen molar-refractivity contribution in [2.24, 2.45) is 0 Å². The topological polar surface area (TPSA) is 44.8 Å². The Morgan fingerprint density at radius 2 is 2.00 bits per heavy atom. The van der Waals surface area contributed by atoms with Crippen molar-refractivity contribution in [3.05, 3.63) is 24.0 Å². The number of halogens is 1. The SMILES string of the molecule is COC(=O)CC(C)(C)Oc1ccc(F)c(OC)c1. The first-order chi connectivity index (χ1) is 8.38. The number of carbonyl (C=O) groups is 1. The van der Waals surface area contributed by atoms with Gasteiger partial charge in [-0.3, -0.25) is 4.79 Å². The Bertz CT molecular complexity index is 429. The Kier molecular flexibility index (Phi) is 4.53. The lowest BCUT2D eigenvalue weighted by atomic mass is 10.1. The third-order valence-corrected chi connectivity index (χ3v) is 2.31. The average Bonchev–Trinajstić information content (AvgIpc) is 2.30. The number of carbonyl (C=O) groups excluding carboxylic acids is 1. The lowest BCUT2D eigenvalue weighted by molar-refractivity contribution is -0.144. The monoisotopic (exact) mass is 256 g/mol. The molecule has 0 heterocycles. The predicted octanol–water partition coefficient (Wildman–Crippen LogP) is 2.55. The van der Waals surface area contributed by atoms with Gasteiger partial charge in [0.1, 0.15) is 11.4 Å². The number of ether oxygens (including phenoxy) is 3. The van der Waals surface area contributed by atoms with E-state index in [1.165, 1.54) is 32.4 Å². The molecule has 5 heteroatoms. The van der Waals surface area contributed by atoms with Crippen molar-refractivity contribution in [3.8, 4) is 11.5 Å². The van der Waals surface area contributed by atoms with Gasteiger partial charge in [0.25, 0.3) is 0 Å². The summed E-state index contributed by atoms with van der Waals surface area (Å²) in [6, 6.07) is 4.17. The molecule has 0 bridgehead atoms. The molecule has 0 spiro atoms. The molecule has 0 saturated carbocycles. The minimum Gasteiger partial charge on any atom is -0.494 e. The maximum atomic E-state index is 13.2. The Morgan fingerprint density at radius 1 is 1.33 bits per heavy atom. The molecule has 0 aliphatic rings. The molecule has 1 aromatic carbocycles. The van der Waals surface area contributed by atoms with Crippen LogP contribution in [0.3, 0.4) is 0 Å². The number of methoxy groups -OCH3 is 2. The van der Waals surface area contributed by atoms with Crippen LogP contribution in [-0.2, 0) is 9.53 Å². The first-order valence-electron chi connectivity index (χ1n) is 5.47. The van der Waals surface area contributed by atoms with Crippen molar-refractivity contribution in [1.82, 2.24) is 0 Å². The average molecular weight is 256 g/mol. The second-order valence-corrected chi connectivity index (χ2v) is 4.41. The van der Waals surface area contributed by atoms with Gasteiger partial charge in [-0.15, -0.1) is 0 Å². The van der Waals surface area contributed by atoms with Crippen LogP contribution in [0.5, 0.6) is 11.5 Å². The number of rotatable bonds is 5.